The predicted molar refractivity (Wildman–Crippen MR) is 80.5 cm³/mol. The largest absolute Gasteiger partial charge is 0.378 e. The minimum Gasteiger partial charge on any atom is -0.378 e. The van der Waals surface area contributed by atoms with Crippen LogP contribution in [0.4, 0.5) is 0 Å². The van der Waals surface area contributed by atoms with Gasteiger partial charge in [0, 0.05) is 25.2 Å². The highest BCUT2D eigenvalue weighted by molar-refractivity contribution is 4.84. The molecule has 3 unspecified atom stereocenters. The van der Waals surface area contributed by atoms with Crippen LogP contribution in [0.25, 0.3) is 0 Å². The molecule has 3 nitrogen and oxygen atoms in total. The lowest BCUT2D eigenvalue weighted by Crippen LogP contribution is -2.50. The van der Waals surface area contributed by atoms with Crippen LogP contribution in [0.2, 0.25) is 0 Å². The zero-order chi connectivity index (χ0) is 13.5. The first-order chi connectivity index (χ1) is 9.35. The van der Waals surface area contributed by atoms with E-state index in [1.165, 1.54) is 45.1 Å². The van der Waals surface area contributed by atoms with Gasteiger partial charge in [-0.25, -0.2) is 0 Å². The Balaban J connectivity index is 1.92. The summed E-state index contributed by atoms with van der Waals surface area (Å²) in [5.41, 5.74) is 0. The fourth-order valence-corrected chi connectivity index (χ4v) is 3.74. The number of ether oxygens (including phenoxy) is 1. The smallest absolute Gasteiger partial charge is 0.0622 e. The van der Waals surface area contributed by atoms with Gasteiger partial charge in [0.15, 0.2) is 0 Å². The molecule has 0 amide bonds. The van der Waals surface area contributed by atoms with E-state index in [2.05, 4.69) is 24.1 Å². The van der Waals surface area contributed by atoms with Crippen molar-refractivity contribution in [1.29, 1.82) is 0 Å². The second-order valence-electron chi connectivity index (χ2n) is 6.19. The van der Waals surface area contributed by atoms with Crippen LogP contribution in [0, 0.1) is 5.92 Å². The van der Waals surface area contributed by atoms with Gasteiger partial charge in [-0.2, -0.15) is 0 Å². The Labute approximate surface area is 119 Å². The van der Waals surface area contributed by atoms with E-state index in [0.29, 0.717) is 6.04 Å². The van der Waals surface area contributed by atoms with Crippen molar-refractivity contribution in [3.63, 3.8) is 0 Å². The molecule has 2 fully saturated rings. The van der Waals surface area contributed by atoms with Crippen LogP contribution in [0.1, 0.15) is 52.4 Å². The van der Waals surface area contributed by atoms with E-state index in [1.807, 2.05) is 0 Å². The molecule has 0 bridgehead atoms. The van der Waals surface area contributed by atoms with E-state index < -0.39 is 0 Å². The fourth-order valence-electron chi connectivity index (χ4n) is 3.74. The summed E-state index contributed by atoms with van der Waals surface area (Å²) in [5, 5.41) is 3.74. The van der Waals surface area contributed by atoms with Crippen molar-refractivity contribution < 1.29 is 4.74 Å². The van der Waals surface area contributed by atoms with Crippen LogP contribution in [0.5, 0.6) is 0 Å². The maximum absolute atomic E-state index is 5.63. The fraction of sp³-hybridized carbons (Fsp3) is 1.00. The third-order valence-electron chi connectivity index (χ3n) is 4.92. The second-order valence-corrected chi connectivity index (χ2v) is 6.19. The highest BCUT2D eigenvalue weighted by Crippen LogP contribution is 2.26. The highest BCUT2D eigenvalue weighted by Gasteiger charge is 2.28. The monoisotopic (exact) mass is 268 g/mol. The number of morpholine rings is 1. The third-order valence-corrected chi connectivity index (χ3v) is 4.92. The molecule has 0 aromatic heterocycles. The summed E-state index contributed by atoms with van der Waals surface area (Å²) in [4.78, 5) is 2.70. The molecular formula is C16H32N2O. The molecule has 2 rings (SSSR count). The number of hydrogen-bond donors (Lipinski definition) is 1. The first-order valence-corrected chi connectivity index (χ1v) is 8.40. The lowest BCUT2D eigenvalue weighted by molar-refractivity contribution is -0.0183. The van der Waals surface area contributed by atoms with Crippen LogP contribution in [-0.4, -0.2) is 49.8 Å². The first-order valence-electron chi connectivity index (χ1n) is 8.40. The Morgan fingerprint density at radius 1 is 1.16 bits per heavy atom. The van der Waals surface area contributed by atoms with Gasteiger partial charge in [0.05, 0.1) is 13.2 Å². The molecule has 19 heavy (non-hydrogen) atoms. The van der Waals surface area contributed by atoms with Crippen LogP contribution in [-0.2, 0) is 4.74 Å². The maximum atomic E-state index is 5.63. The van der Waals surface area contributed by atoms with Crippen molar-refractivity contribution in [1.82, 2.24) is 10.2 Å². The maximum Gasteiger partial charge on any atom is 0.0622 e. The highest BCUT2D eigenvalue weighted by atomic mass is 16.5. The minimum absolute atomic E-state index is 0.652. The number of nitrogens with one attached hydrogen (secondary N) is 1. The normalized spacial score (nSPS) is 34.1. The zero-order valence-corrected chi connectivity index (χ0v) is 12.9. The first kappa shape index (κ1) is 15.3. The van der Waals surface area contributed by atoms with Gasteiger partial charge in [0.1, 0.15) is 0 Å². The summed E-state index contributed by atoms with van der Waals surface area (Å²) in [7, 11) is 0. The third kappa shape index (κ3) is 4.44. The predicted octanol–water partition coefficient (Wildman–Crippen LogP) is 2.66. The average Bonchev–Trinajstić information content (AvgIpc) is 2.66. The number of rotatable bonds is 5. The van der Waals surface area contributed by atoms with Crippen molar-refractivity contribution in [2.45, 2.75) is 64.5 Å². The molecule has 1 aliphatic heterocycles. The van der Waals surface area contributed by atoms with E-state index in [-0.39, 0.29) is 0 Å². The van der Waals surface area contributed by atoms with Crippen LogP contribution in [0.3, 0.4) is 0 Å². The molecule has 0 radical (unpaired) electrons. The van der Waals surface area contributed by atoms with E-state index in [1.54, 1.807) is 0 Å². The Hall–Kier alpha value is -0.120. The van der Waals surface area contributed by atoms with E-state index in [4.69, 9.17) is 4.74 Å². The van der Waals surface area contributed by atoms with Crippen molar-refractivity contribution in [3.05, 3.63) is 0 Å². The Bertz CT molecular complexity index is 247. The van der Waals surface area contributed by atoms with Gasteiger partial charge in [-0.1, -0.05) is 33.1 Å². The summed E-state index contributed by atoms with van der Waals surface area (Å²) < 4.78 is 5.63. The molecule has 1 saturated carbocycles. The molecular weight excluding hydrogens is 236 g/mol. The van der Waals surface area contributed by atoms with Crippen molar-refractivity contribution in [3.8, 4) is 0 Å². The Morgan fingerprint density at radius 3 is 2.79 bits per heavy atom. The molecule has 3 atom stereocenters. The molecule has 2 aliphatic rings. The van der Waals surface area contributed by atoms with Gasteiger partial charge in [-0.05, 0) is 31.7 Å². The molecule has 112 valence electrons. The molecule has 3 heteroatoms. The number of nitrogens with zero attached hydrogens (tertiary/aromatic N) is 1. The summed E-state index contributed by atoms with van der Waals surface area (Å²) >= 11 is 0. The van der Waals surface area contributed by atoms with Gasteiger partial charge in [-0.3, -0.25) is 4.90 Å². The van der Waals surface area contributed by atoms with E-state index >= 15 is 0 Å². The lowest BCUT2D eigenvalue weighted by Gasteiger charge is -2.39. The van der Waals surface area contributed by atoms with Crippen LogP contribution < -0.4 is 5.32 Å². The van der Waals surface area contributed by atoms with Gasteiger partial charge < -0.3 is 10.1 Å². The van der Waals surface area contributed by atoms with E-state index in [0.717, 1.165) is 38.3 Å². The van der Waals surface area contributed by atoms with E-state index in [9.17, 15) is 0 Å². The number of hydrogen-bond acceptors (Lipinski definition) is 3. The quantitative estimate of drug-likeness (QED) is 0.776. The van der Waals surface area contributed by atoms with Gasteiger partial charge >= 0.3 is 0 Å². The van der Waals surface area contributed by atoms with Crippen molar-refractivity contribution >= 4 is 0 Å². The van der Waals surface area contributed by atoms with Crippen LogP contribution in [0.15, 0.2) is 0 Å². The minimum atomic E-state index is 0.652. The molecule has 0 aromatic carbocycles. The van der Waals surface area contributed by atoms with Gasteiger partial charge in [0.25, 0.3) is 0 Å². The van der Waals surface area contributed by atoms with Crippen molar-refractivity contribution in [2.24, 2.45) is 5.92 Å². The summed E-state index contributed by atoms with van der Waals surface area (Å²) in [6, 6.07) is 1.40. The molecule has 1 heterocycles. The molecule has 0 aromatic rings. The topological polar surface area (TPSA) is 24.5 Å². The lowest BCUT2D eigenvalue weighted by atomic mass is 9.93. The summed E-state index contributed by atoms with van der Waals surface area (Å²) in [6.07, 6.45) is 8.27. The summed E-state index contributed by atoms with van der Waals surface area (Å²) in [6.45, 7) is 9.92. The Kier molecular flexibility index (Phi) is 6.62. The molecule has 1 aliphatic carbocycles. The average molecular weight is 268 g/mol. The van der Waals surface area contributed by atoms with Crippen molar-refractivity contribution in [2.75, 3.05) is 32.8 Å². The van der Waals surface area contributed by atoms with Gasteiger partial charge in [-0.15, -0.1) is 0 Å². The Morgan fingerprint density at radius 2 is 2.00 bits per heavy atom. The molecule has 1 N–H and O–H groups in total. The standard InChI is InChI=1S/C16H32N2O/c1-3-15-13-19-11-10-18(15)12-14-8-6-5-7-9-16(14)17-4-2/h14-17H,3-13H2,1-2H3. The van der Waals surface area contributed by atoms with Gasteiger partial charge in [0.2, 0.25) is 0 Å². The molecule has 1 saturated heterocycles. The zero-order valence-electron chi connectivity index (χ0n) is 12.9. The van der Waals surface area contributed by atoms with Crippen LogP contribution >= 0.6 is 0 Å². The second kappa shape index (κ2) is 8.23. The molecule has 0 spiro atoms. The SMILES string of the molecule is CCNC1CCCCCC1CN1CCOCC1CC. The summed E-state index contributed by atoms with van der Waals surface area (Å²) in [5.74, 6) is 0.842.